The van der Waals surface area contributed by atoms with Crippen LogP contribution in [0.2, 0.25) is 0 Å². The molecule has 1 fully saturated rings. The van der Waals surface area contributed by atoms with E-state index in [1.54, 1.807) is 30.3 Å². The molecule has 1 aliphatic heterocycles. The Bertz CT molecular complexity index is 1050. The van der Waals surface area contributed by atoms with E-state index in [2.05, 4.69) is 0 Å². The summed E-state index contributed by atoms with van der Waals surface area (Å²) in [7, 11) is 6.85. The number of aliphatic hydroxyl groups excluding tert-OH is 1. The number of rotatable bonds is 8. The van der Waals surface area contributed by atoms with Gasteiger partial charge in [-0.1, -0.05) is 12.1 Å². The van der Waals surface area contributed by atoms with Gasteiger partial charge < -0.3 is 29.5 Å². The molecule has 0 bridgehead atoms. The van der Waals surface area contributed by atoms with Crippen LogP contribution in [0.25, 0.3) is 5.76 Å². The van der Waals surface area contributed by atoms with E-state index in [9.17, 15) is 19.8 Å². The Morgan fingerprint density at radius 2 is 1.75 bits per heavy atom. The van der Waals surface area contributed by atoms with Crippen LogP contribution in [0.4, 0.5) is 0 Å². The fourth-order valence-electron chi connectivity index (χ4n) is 3.81. The molecule has 3 rings (SSSR count). The van der Waals surface area contributed by atoms with Gasteiger partial charge in [-0.2, -0.15) is 0 Å². The van der Waals surface area contributed by atoms with Crippen LogP contribution >= 0.6 is 0 Å². The van der Waals surface area contributed by atoms with Crippen LogP contribution in [0.3, 0.4) is 0 Å². The van der Waals surface area contributed by atoms with Gasteiger partial charge in [0.2, 0.25) is 0 Å². The molecule has 170 valence electrons. The van der Waals surface area contributed by atoms with Gasteiger partial charge in [-0.05, 0) is 56.9 Å². The zero-order valence-electron chi connectivity index (χ0n) is 18.7. The van der Waals surface area contributed by atoms with Crippen LogP contribution in [-0.4, -0.2) is 73.1 Å². The van der Waals surface area contributed by atoms with Gasteiger partial charge in [0, 0.05) is 12.6 Å². The molecular formula is C24H28N2O6. The van der Waals surface area contributed by atoms with Crippen molar-refractivity contribution in [3.05, 3.63) is 59.2 Å². The molecule has 0 unspecified atom stereocenters. The number of amides is 1. The molecule has 1 heterocycles. The third kappa shape index (κ3) is 4.55. The van der Waals surface area contributed by atoms with E-state index in [1.165, 1.54) is 31.3 Å². The zero-order chi connectivity index (χ0) is 23.4. The van der Waals surface area contributed by atoms with Crippen LogP contribution in [0.5, 0.6) is 17.2 Å². The van der Waals surface area contributed by atoms with Gasteiger partial charge in [-0.15, -0.1) is 0 Å². The number of phenolic OH excluding ortho intramolecular Hbond substituents is 1. The SMILES string of the molecule is COc1cccc([C@@H]2C(=C(O)c3ccc(OC)cc3O)C(=O)C(=O)N2CCCN(C)C)c1. The lowest BCUT2D eigenvalue weighted by atomic mass is 9.94. The van der Waals surface area contributed by atoms with Crippen LogP contribution in [-0.2, 0) is 9.59 Å². The maximum absolute atomic E-state index is 13.0. The Hall–Kier alpha value is -3.52. The zero-order valence-corrected chi connectivity index (χ0v) is 18.7. The molecule has 2 N–H and O–H groups in total. The number of carbonyl (C=O) groups is 2. The Labute approximate surface area is 187 Å². The van der Waals surface area contributed by atoms with Gasteiger partial charge in [0.15, 0.2) is 0 Å². The number of aliphatic hydroxyl groups is 1. The number of likely N-dealkylation sites (tertiary alicyclic amines) is 1. The average molecular weight is 440 g/mol. The topological polar surface area (TPSA) is 99.5 Å². The normalized spacial score (nSPS) is 17.8. The molecule has 0 saturated carbocycles. The number of Topliss-reactive ketones (excluding diaryl/α,β-unsaturated/α-hetero) is 1. The van der Waals surface area contributed by atoms with E-state index < -0.39 is 23.5 Å². The first kappa shape index (κ1) is 23.1. The summed E-state index contributed by atoms with van der Waals surface area (Å²) in [5, 5.41) is 21.5. The first-order valence-electron chi connectivity index (χ1n) is 10.2. The van der Waals surface area contributed by atoms with E-state index in [0.717, 1.165) is 6.54 Å². The van der Waals surface area contributed by atoms with Crippen LogP contribution in [0.1, 0.15) is 23.6 Å². The van der Waals surface area contributed by atoms with Crippen molar-refractivity contribution in [3.63, 3.8) is 0 Å². The van der Waals surface area contributed by atoms with Crippen molar-refractivity contribution >= 4 is 17.4 Å². The number of phenols is 1. The number of carbonyl (C=O) groups excluding carboxylic acids is 2. The summed E-state index contributed by atoms with van der Waals surface area (Å²) in [6, 6.07) is 10.6. The first-order chi connectivity index (χ1) is 15.3. The van der Waals surface area contributed by atoms with Crippen molar-refractivity contribution in [2.24, 2.45) is 0 Å². The lowest BCUT2D eigenvalue weighted by Gasteiger charge is -2.26. The van der Waals surface area contributed by atoms with Crippen molar-refractivity contribution < 1.29 is 29.3 Å². The van der Waals surface area contributed by atoms with Crippen LogP contribution < -0.4 is 9.47 Å². The van der Waals surface area contributed by atoms with Gasteiger partial charge in [0.1, 0.15) is 23.0 Å². The lowest BCUT2D eigenvalue weighted by Crippen LogP contribution is -2.32. The molecule has 2 aromatic rings. The van der Waals surface area contributed by atoms with E-state index >= 15 is 0 Å². The first-order valence-corrected chi connectivity index (χ1v) is 10.2. The Morgan fingerprint density at radius 1 is 1.06 bits per heavy atom. The largest absolute Gasteiger partial charge is 0.507 e. The van der Waals surface area contributed by atoms with Gasteiger partial charge in [0.05, 0.1) is 31.4 Å². The second-order valence-corrected chi connectivity index (χ2v) is 7.81. The molecular weight excluding hydrogens is 412 g/mol. The summed E-state index contributed by atoms with van der Waals surface area (Å²) in [6.07, 6.45) is 0.647. The molecule has 0 spiro atoms. The average Bonchev–Trinajstić information content (AvgIpc) is 3.03. The lowest BCUT2D eigenvalue weighted by molar-refractivity contribution is -0.139. The third-order valence-corrected chi connectivity index (χ3v) is 5.41. The number of aromatic hydroxyl groups is 1. The van der Waals surface area contributed by atoms with Crippen molar-refractivity contribution in [1.29, 1.82) is 0 Å². The van der Waals surface area contributed by atoms with Crippen LogP contribution in [0, 0.1) is 0 Å². The maximum Gasteiger partial charge on any atom is 0.295 e. The Morgan fingerprint density at radius 3 is 2.38 bits per heavy atom. The second kappa shape index (κ2) is 9.74. The highest BCUT2D eigenvalue weighted by Crippen LogP contribution is 2.42. The highest BCUT2D eigenvalue weighted by Gasteiger charge is 2.46. The summed E-state index contributed by atoms with van der Waals surface area (Å²) in [5.41, 5.74) is 0.599. The molecule has 32 heavy (non-hydrogen) atoms. The molecule has 0 radical (unpaired) electrons. The standard InChI is InChI=1S/C24H28N2O6/c1-25(2)11-6-12-26-21(15-7-5-8-16(13-15)31-3)20(23(29)24(26)30)22(28)18-10-9-17(32-4)14-19(18)27/h5,7-10,13-14,21,27-28H,6,11-12H2,1-4H3/t21-/m1/s1. The summed E-state index contributed by atoms with van der Waals surface area (Å²) >= 11 is 0. The molecule has 1 aliphatic rings. The summed E-state index contributed by atoms with van der Waals surface area (Å²) in [6.45, 7) is 1.06. The van der Waals surface area contributed by atoms with Crippen LogP contribution in [0.15, 0.2) is 48.0 Å². The number of hydrogen-bond donors (Lipinski definition) is 2. The molecule has 2 aromatic carbocycles. The number of hydrogen-bond acceptors (Lipinski definition) is 7. The van der Waals surface area contributed by atoms with Crippen molar-refractivity contribution in [2.75, 3.05) is 41.4 Å². The summed E-state index contributed by atoms with van der Waals surface area (Å²) in [5.74, 6) is -1.22. The summed E-state index contributed by atoms with van der Waals surface area (Å²) in [4.78, 5) is 29.5. The van der Waals surface area contributed by atoms with Crippen molar-refractivity contribution in [2.45, 2.75) is 12.5 Å². The number of ketones is 1. The second-order valence-electron chi connectivity index (χ2n) is 7.81. The molecule has 8 nitrogen and oxygen atoms in total. The quantitative estimate of drug-likeness (QED) is 0.370. The highest BCUT2D eigenvalue weighted by atomic mass is 16.5. The monoisotopic (exact) mass is 440 g/mol. The maximum atomic E-state index is 13.0. The van der Waals surface area contributed by atoms with Gasteiger partial charge in [-0.25, -0.2) is 0 Å². The predicted molar refractivity (Wildman–Crippen MR) is 120 cm³/mol. The van der Waals surface area contributed by atoms with Gasteiger partial charge >= 0.3 is 0 Å². The van der Waals surface area contributed by atoms with Gasteiger partial charge in [0.25, 0.3) is 11.7 Å². The van der Waals surface area contributed by atoms with Crippen molar-refractivity contribution in [3.8, 4) is 17.2 Å². The Balaban J connectivity index is 2.14. The fourth-order valence-corrected chi connectivity index (χ4v) is 3.81. The number of methoxy groups -OCH3 is 2. The number of benzene rings is 2. The third-order valence-electron chi connectivity index (χ3n) is 5.41. The van der Waals surface area contributed by atoms with E-state index in [4.69, 9.17) is 9.47 Å². The molecule has 0 aromatic heterocycles. The van der Waals surface area contributed by atoms with E-state index in [1.807, 2.05) is 19.0 Å². The number of nitrogens with zero attached hydrogens (tertiary/aromatic N) is 2. The molecule has 1 saturated heterocycles. The minimum absolute atomic E-state index is 0.0463. The molecule has 8 heteroatoms. The van der Waals surface area contributed by atoms with E-state index in [0.29, 0.717) is 30.0 Å². The molecule has 1 amide bonds. The predicted octanol–water partition coefficient (Wildman–Crippen LogP) is 2.78. The Kier molecular flexibility index (Phi) is 7.05. The minimum atomic E-state index is -0.811. The fraction of sp³-hybridized carbons (Fsp3) is 0.333. The van der Waals surface area contributed by atoms with E-state index in [-0.39, 0.29) is 16.9 Å². The minimum Gasteiger partial charge on any atom is -0.507 e. The van der Waals surface area contributed by atoms with Gasteiger partial charge in [-0.3, -0.25) is 9.59 Å². The smallest absolute Gasteiger partial charge is 0.295 e. The number of ether oxygens (including phenoxy) is 2. The summed E-state index contributed by atoms with van der Waals surface area (Å²) < 4.78 is 10.4. The molecule has 0 aliphatic carbocycles. The highest BCUT2D eigenvalue weighted by molar-refractivity contribution is 6.46. The molecule has 1 atom stereocenters. The van der Waals surface area contributed by atoms with Crippen molar-refractivity contribution in [1.82, 2.24) is 9.80 Å².